The molecular formula is C16H27FN4O. The van der Waals surface area contributed by atoms with E-state index in [0.29, 0.717) is 25.4 Å². The van der Waals surface area contributed by atoms with Crippen molar-refractivity contribution >= 4 is 5.91 Å². The van der Waals surface area contributed by atoms with Crippen LogP contribution in [0.15, 0.2) is 0 Å². The summed E-state index contributed by atoms with van der Waals surface area (Å²) in [6.07, 6.45) is 4.02. The van der Waals surface area contributed by atoms with Gasteiger partial charge in [0, 0.05) is 37.8 Å². The van der Waals surface area contributed by atoms with Gasteiger partial charge >= 0.3 is 0 Å². The molecule has 2 N–H and O–H groups in total. The Morgan fingerprint density at radius 2 is 1.95 bits per heavy atom. The van der Waals surface area contributed by atoms with E-state index in [9.17, 15) is 9.18 Å². The van der Waals surface area contributed by atoms with Gasteiger partial charge in [-0.15, -0.1) is 0 Å². The van der Waals surface area contributed by atoms with Crippen molar-refractivity contribution in [1.82, 2.24) is 20.4 Å². The molecule has 1 aliphatic carbocycles. The number of nitrogens with one attached hydrogen (secondary N) is 2. The van der Waals surface area contributed by atoms with Crippen molar-refractivity contribution in [1.29, 1.82) is 0 Å². The SMILES string of the molecule is C[C@H]1CNC(=O)C2CC(F)CC3NC(N4CCCCC4)N1C32. The zero-order chi connectivity index (χ0) is 15.3. The molecule has 4 aliphatic rings. The molecule has 0 aromatic heterocycles. The summed E-state index contributed by atoms with van der Waals surface area (Å²) in [4.78, 5) is 17.4. The number of carbonyl (C=O) groups is 1. The van der Waals surface area contributed by atoms with Crippen LogP contribution >= 0.6 is 0 Å². The van der Waals surface area contributed by atoms with Gasteiger partial charge in [-0.1, -0.05) is 6.42 Å². The number of hydrogen-bond donors (Lipinski definition) is 2. The van der Waals surface area contributed by atoms with Crippen LogP contribution in [0.3, 0.4) is 0 Å². The largest absolute Gasteiger partial charge is 0.354 e. The Bertz CT molecular complexity index is 442. The number of carbonyl (C=O) groups excluding carboxylic acids is 1. The molecule has 6 atom stereocenters. The van der Waals surface area contributed by atoms with E-state index in [1.165, 1.54) is 19.3 Å². The maximum Gasteiger partial charge on any atom is 0.224 e. The minimum atomic E-state index is -0.861. The van der Waals surface area contributed by atoms with Gasteiger partial charge in [0.05, 0.1) is 5.92 Å². The summed E-state index contributed by atoms with van der Waals surface area (Å²) in [5, 5.41) is 6.70. The highest BCUT2D eigenvalue weighted by molar-refractivity contribution is 5.80. The standard InChI is InChI=1S/C16H27FN4O/c1-10-9-18-15(22)12-7-11(17)8-13-14(12)21(10)16(19-13)20-5-3-2-4-6-20/h10-14,16,19H,2-9H2,1H3,(H,18,22)/t10-,11?,12?,13?,14?,16?/m0/s1. The Morgan fingerprint density at radius 3 is 2.73 bits per heavy atom. The van der Waals surface area contributed by atoms with E-state index >= 15 is 0 Å². The zero-order valence-corrected chi connectivity index (χ0v) is 13.3. The maximum atomic E-state index is 14.1. The fourth-order valence-electron chi connectivity index (χ4n) is 4.97. The van der Waals surface area contributed by atoms with Gasteiger partial charge in [-0.25, -0.2) is 4.39 Å². The molecule has 3 heterocycles. The molecule has 0 aromatic rings. The van der Waals surface area contributed by atoms with Gasteiger partial charge < -0.3 is 5.32 Å². The molecule has 3 saturated heterocycles. The van der Waals surface area contributed by atoms with Crippen molar-refractivity contribution in [2.24, 2.45) is 5.92 Å². The Kier molecular flexibility index (Phi) is 3.86. The van der Waals surface area contributed by atoms with Crippen LogP contribution in [-0.4, -0.2) is 65.9 Å². The van der Waals surface area contributed by atoms with E-state index in [0.717, 1.165) is 13.1 Å². The van der Waals surface area contributed by atoms with E-state index in [1.807, 2.05) is 0 Å². The van der Waals surface area contributed by atoms with Crippen molar-refractivity contribution < 1.29 is 9.18 Å². The van der Waals surface area contributed by atoms with Gasteiger partial charge in [0.15, 0.2) is 0 Å². The van der Waals surface area contributed by atoms with Crippen LogP contribution in [-0.2, 0) is 4.79 Å². The lowest BCUT2D eigenvalue weighted by atomic mass is 9.80. The molecule has 1 saturated carbocycles. The molecule has 0 radical (unpaired) electrons. The van der Waals surface area contributed by atoms with E-state index in [1.54, 1.807) is 0 Å². The fraction of sp³-hybridized carbons (Fsp3) is 0.938. The Hall–Kier alpha value is -0.720. The zero-order valence-electron chi connectivity index (χ0n) is 13.3. The lowest BCUT2D eigenvalue weighted by Gasteiger charge is -2.42. The summed E-state index contributed by atoms with van der Waals surface area (Å²) >= 11 is 0. The smallest absolute Gasteiger partial charge is 0.224 e. The van der Waals surface area contributed by atoms with Crippen molar-refractivity contribution in [3.8, 4) is 0 Å². The molecule has 3 aliphatic heterocycles. The molecule has 124 valence electrons. The third kappa shape index (κ3) is 2.36. The first kappa shape index (κ1) is 14.8. The molecule has 5 nitrogen and oxygen atoms in total. The van der Waals surface area contributed by atoms with E-state index < -0.39 is 6.17 Å². The number of likely N-dealkylation sites (tertiary alicyclic amines) is 1. The van der Waals surface area contributed by atoms with Gasteiger partial charge in [0.1, 0.15) is 12.5 Å². The van der Waals surface area contributed by atoms with E-state index in [4.69, 9.17) is 0 Å². The number of nitrogens with zero attached hydrogens (tertiary/aromatic N) is 2. The molecular weight excluding hydrogens is 283 g/mol. The third-order valence-corrected chi connectivity index (χ3v) is 5.99. The second-order valence-corrected chi connectivity index (χ2v) is 7.45. The molecule has 4 fully saturated rings. The van der Waals surface area contributed by atoms with Crippen LogP contribution in [0.2, 0.25) is 0 Å². The van der Waals surface area contributed by atoms with Crippen LogP contribution in [0.1, 0.15) is 39.0 Å². The molecule has 4 rings (SSSR count). The highest BCUT2D eigenvalue weighted by Gasteiger charge is 2.54. The van der Waals surface area contributed by atoms with Gasteiger partial charge in [0.25, 0.3) is 0 Å². The summed E-state index contributed by atoms with van der Waals surface area (Å²) < 4.78 is 14.1. The van der Waals surface area contributed by atoms with Gasteiger partial charge in [-0.2, -0.15) is 0 Å². The Labute approximate surface area is 131 Å². The van der Waals surface area contributed by atoms with Gasteiger partial charge in [0.2, 0.25) is 5.91 Å². The van der Waals surface area contributed by atoms with Crippen LogP contribution in [0.4, 0.5) is 4.39 Å². The second kappa shape index (κ2) is 5.73. The van der Waals surface area contributed by atoms with Crippen molar-refractivity contribution in [2.75, 3.05) is 19.6 Å². The van der Waals surface area contributed by atoms with Crippen molar-refractivity contribution in [3.05, 3.63) is 0 Å². The summed E-state index contributed by atoms with van der Waals surface area (Å²) in [6, 6.07) is 0.544. The predicted molar refractivity (Wildman–Crippen MR) is 81.9 cm³/mol. The lowest BCUT2D eigenvalue weighted by molar-refractivity contribution is -0.127. The van der Waals surface area contributed by atoms with E-state index in [2.05, 4.69) is 27.4 Å². The average molecular weight is 310 g/mol. The first-order valence-electron chi connectivity index (χ1n) is 8.84. The van der Waals surface area contributed by atoms with Crippen LogP contribution in [0, 0.1) is 5.92 Å². The molecule has 0 aromatic carbocycles. The van der Waals surface area contributed by atoms with E-state index in [-0.39, 0.29) is 30.2 Å². The monoisotopic (exact) mass is 310 g/mol. The molecule has 22 heavy (non-hydrogen) atoms. The van der Waals surface area contributed by atoms with Crippen LogP contribution < -0.4 is 10.6 Å². The number of halogens is 1. The van der Waals surface area contributed by atoms with Crippen LogP contribution in [0.25, 0.3) is 0 Å². The average Bonchev–Trinajstić information content (AvgIpc) is 2.85. The summed E-state index contributed by atoms with van der Waals surface area (Å²) in [5.74, 6) is -0.159. The number of rotatable bonds is 1. The molecule has 1 amide bonds. The first-order valence-corrected chi connectivity index (χ1v) is 8.84. The molecule has 0 spiro atoms. The lowest BCUT2D eigenvalue weighted by Crippen LogP contribution is -2.57. The van der Waals surface area contributed by atoms with Gasteiger partial charge in [-0.3, -0.25) is 19.9 Å². The number of hydrogen-bond acceptors (Lipinski definition) is 4. The summed E-state index contributed by atoms with van der Waals surface area (Å²) in [6.45, 7) is 5.06. The fourth-order valence-corrected chi connectivity index (χ4v) is 4.97. The minimum absolute atomic E-state index is 0.0489. The predicted octanol–water partition coefficient (Wildman–Crippen LogP) is 0.665. The second-order valence-electron chi connectivity index (χ2n) is 7.45. The first-order chi connectivity index (χ1) is 10.6. The highest BCUT2D eigenvalue weighted by Crippen LogP contribution is 2.39. The maximum absolute atomic E-state index is 14.1. The third-order valence-electron chi connectivity index (χ3n) is 5.99. The van der Waals surface area contributed by atoms with Crippen molar-refractivity contribution in [3.63, 3.8) is 0 Å². The highest BCUT2D eigenvalue weighted by atomic mass is 19.1. The van der Waals surface area contributed by atoms with Crippen LogP contribution in [0.5, 0.6) is 0 Å². The minimum Gasteiger partial charge on any atom is -0.354 e. The topological polar surface area (TPSA) is 47.6 Å². The summed E-state index contributed by atoms with van der Waals surface area (Å²) in [5.41, 5.74) is 0. The number of amides is 1. The quantitative estimate of drug-likeness (QED) is 0.747. The van der Waals surface area contributed by atoms with Gasteiger partial charge in [-0.05, 0) is 32.6 Å². The normalized spacial score (nSPS) is 46.9. The molecule has 6 heteroatoms. The number of alkyl halides is 1. The Morgan fingerprint density at radius 1 is 1.18 bits per heavy atom. The summed E-state index contributed by atoms with van der Waals surface area (Å²) in [7, 11) is 0. The number of piperidine rings is 1. The molecule has 5 unspecified atom stereocenters. The molecule has 0 bridgehead atoms. The van der Waals surface area contributed by atoms with Crippen molar-refractivity contribution in [2.45, 2.75) is 69.6 Å². The Balaban J connectivity index is 1.64.